The van der Waals surface area contributed by atoms with Crippen LogP contribution in [0, 0.1) is 12.3 Å². The molecule has 1 aromatic heterocycles. The summed E-state index contributed by atoms with van der Waals surface area (Å²) < 4.78 is 4.92. The van der Waals surface area contributed by atoms with Gasteiger partial charge in [0, 0.05) is 12.5 Å². The topological polar surface area (TPSA) is 92.4 Å². The van der Waals surface area contributed by atoms with E-state index in [1.165, 1.54) is 0 Å². The summed E-state index contributed by atoms with van der Waals surface area (Å²) >= 11 is 0. The number of hydrogen-bond donors (Lipinski definition) is 2. The SMILES string of the molecule is Cc1cc(NC(=O)CC2(CC(=O)O)CCCC2)on1. The van der Waals surface area contributed by atoms with Gasteiger partial charge >= 0.3 is 5.97 Å². The lowest BCUT2D eigenvalue weighted by Crippen LogP contribution is -2.27. The van der Waals surface area contributed by atoms with Crippen LogP contribution in [-0.4, -0.2) is 22.1 Å². The maximum atomic E-state index is 12.0. The van der Waals surface area contributed by atoms with Gasteiger partial charge in [-0.15, -0.1) is 0 Å². The zero-order valence-corrected chi connectivity index (χ0v) is 10.9. The molecule has 6 heteroatoms. The van der Waals surface area contributed by atoms with Crippen LogP contribution in [-0.2, 0) is 9.59 Å². The van der Waals surface area contributed by atoms with Crippen LogP contribution >= 0.6 is 0 Å². The summed E-state index contributed by atoms with van der Waals surface area (Å²) in [4.78, 5) is 22.9. The number of carbonyl (C=O) groups excluding carboxylic acids is 1. The predicted molar refractivity (Wildman–Crippen MR) is 67.6 cm³/mol. The smallest absolute Gasteiger partial charge is 0.303 e. The Morgan fingerprint density at radius 2 is 2.11 bits per heavy atom. The molecule has 2 rings (SSSR count). The molecular formula is C13H18N2O4. The van der Waals surface area contributed by atoms with Crippen molar-refractivity contribution >= 4 is 17.8 Å². The second-order valence-electron chi connectivity index (χ2n) is 5.34. The van der Waals surface area contributed by atoms with Crippen molar-refractivity contribution in [2.45, 2.75) is 45.4 Å². The fourth-order valence-electron chi connectivity index (χ4n) is 2.81. The summed E-state index contributed by atoms with van der Waals surface area (Å²) in [6.45, 7) is 1.77. The number of hydrogen-bond acceptors (Lipinski definition) is 4. The second kappa shape index (κ2) is 5.42. The minimum Gasteiger partial charge on any atom is -0.481 e. The average Bonchev–Trinajstić information content (AvgIpc) is 2.87. The molecule has 0 spiro atoms. The molecular weight excluding hydrogens is 248 g/mol. The van der Waals surface area contributed by atoms with E-state index in [-0.39, 0.29) is 18.7 Å². The Labute approximate surface area is 111 Å². The molecule has 0 aliphatic heterocycles. The van der Waals surface area contributed by atoms with E-state index in [1.807, 2.05) is 0 Å². The monoisotopic (exact) mass is 266 g/mol. The number of anilines is 1. The van der Waals surface area contributed by atoms with Crippen LogP contribution < -0.4 is 5.32 Å². The van der Waals surface area contributed by atoms with Crippen molar-refractivity contribution < 1.29 is 19.2 Å². The summed E-state index contributed by atoms with van der Waals surface area (Å²) in [5.74, 6) is -0.740. The minimum absolute atomic E-state index is 0.0514. The third-order valence-electron chi connectivity index (χ3n) is 3.62. The molecule has 104 valence electrons. The summed E-state index contributed by atoms with van der Waals surface area (Å²) in [5.41, 5.74) is 0.293. The molecule has 1 saturated carbocycles. The molecule has 1 fully saturated rings. The highest BCUT2D eigenvalue weighted by atomic mass is 16.5. The van der Waals surface area contributed by atoms with Crippen LogP contribution in [0.4, 0.5) is 5.88 Å². The van der Waals surface area contributed by atoms with E-state index in [1.54, 1.807) is 13.0 Å². The van der Waals surface area contributed by atoms with Crippen molar-refractivity contribution in [3.8, 4) is 0 Å². The number of aryl methyl sites for hydroxylation is 1. The third kappa shape index (κ3) is 3.56. The number of rotatable bonds is 5. The molecule has 0 atom stereocenters. The van der Waals surface area contributed by atoms with Crippen LogP contribution in [0.2, 0.25) is 0 Å². The lowest BCUT2D eigenvalue weighted by molar-refractivity contribution is -0.140. The predicted octanol–water partition coefficient (Wildman–Crippen LogP) is 2.35. The van der Waals surface area contributed by atoms with Gasteiger partial charge in [0.2, 0.25) is 11.8 Å². The van der Waals surface area contributed by atoms with Crippen molar-refractivity contribution in [1.82, 2.24) is 5.16 Å². The van der Waals surface area contributed by atoms with Gasteiger partial charge in [-0.2, -0.15) is 0 Å². The van der Waals surface area contributed by atoms with Gasteiger partial charge in [-0.1, -0.05) is 18.0 Å². The summed E-state index contributed by atoms with van der Waals surface area (Å²) in [7, 11) is 0. The minimum atomic E-state index is -0.842. The first-order chi connectivity index (χ1) is 8.99. The number of amides is 1. The largest absolute Gasteiger partial charge is 0.481 e. The van der Waals surface area contributed by atoms with Gasteiger partial charge < -0.3 is 9.63 Å². The number of aromatic nitrogens is 1. The fourth-order valence-corrected chi connectivity index (χ4v) is 2.81. The molecule has 1 aromatic rings. The van der Waals surface area contributed by atoms with E-state index in [0.29, 0.717) is 11.6 Å². The Morgan fingerprint density at radius 1 is 1.42 bits per heavy atom. The van der Waals surface area contributed by atoms with E-state index in [9.17, 15) is 9.59 Å². The van der Waals surface area contributed by atoms with Crippen LogP contribution in [0.3, 0.4) is 0 Å². The highest BCUT2D eigenvalue weighted by Gasteiger charge is 2.38. The molecule has 1 aliphatic rings. The Hall–Kier alpha value is -1.85. The molecule has 1 amide bonds. The highest BCUT2D eigenvalue weighted by molar-refractivity contribution is 5.90. The molecule has 0 bridgehead atoms. The number of aliphatic carboxylic acids is 1. The second-order valence-corrected chi connectivity index (χ2v) is 5.34. The molecule has 0 aromatic carbocycles. The Kier molecular flexibility index (Phi) is 3.87. The van der Waals surface area contributed by atoms with Gasteiger partial charge in [0.05, 0.1) is 12.1 Å². The lowest BCUT2D eigenvalue weighted by Gasteiger charge is -2.25. The number of nitrogens with one attached hydrogen (secondary N) is 1. The van der Waals surface area contributed by atoms with E-state index in [4.69, 9.17) is 9.63 Å². The zero-order chi connectivity index (χ0) is 13.9. The lowest BCUT2D eigenvalue weighted by atomic mass is 9.79. The van der Waals surface area contributed by atoms with Gasteiger partial charge in [-0.25, -0.2) is 0 Å². The Bertz CT molecular complexity index is 475. The first-order valence-electron chi connectivity index (χ1n) is 6.44. The van der Waals surface area contributed by atoms with Crippen molar-refractivity contribution in [2.75, 3.05) is 5.32 Å². The quantitative estimate of drug-likeness (QED) is 0.853. The first kappa shape index (κ1) is 13.6. The van der Waals surface area contributed by atoms with Crippen LogP contribution in [0.15, 0.2) is 10.6 Å². The van der Waals surface area contributed by atoms with Crippen LogP contribution in [0.25, 0.3) is 0 Å². The van der Waals surface area contributed by atoms with Crippen LogP contribution in [0.1, 0.15) is 44.2 Å². The van der Waals surface area contributed by atoms with Gasteiger partial charge in [0.25, 0.3) is 0 Å². The first-order valence-corrected chi connectivity index (χ1v) is 6.44. The molecule has 1 heterocycles. The van der Waals surface area contributed by atoms with Crippen molar-refractivity contribution in [1.29, 1.82) is 0 Å². The molecule has 1 aliphatic carbocycles. The van der Waals surface area contributed by atoms with E-state index < -0.39 is 11.4 Å². The molecule has 19 heavy (non-hydrogen) atoms. The maximum Gasteiger partial charge on any atom is 0.303 e. The number of carboxylic acid groups (broad SMARTS) is 1. The molecule has 6 nitrogen and oxygen atoms in total. The Morgan fingerprint density at radius 3 is 2.63 bits per heavy atom. The fraction of sp³-hybridized carbons (Fsp3) is 0.615. The van der Waals surface area contributed by atoms with Gasteiger partial charge in [-0.3, -0.25) is 14.9 Å². The van der Waals surface area contributed by atoms with Crippen molar-refractivity contribution in [3.63, 3.8) is 0 Å². The number of carboxylic acids is 1. The van der Waals surface area contributed by atoms with E-state index in [0.717, 1.165) is 25.7 Å². The Balaban J connectivity index is 1.97. The molecule has 0 saturated heterocycles. The molecule has 0 radical (unpaired) electrons. The van der Waals surface area contributed by atoms with E-state index >= 15 is 0 Å². The number of nitrogens with zero attached hydrogens (tertiary/aromatic N) is 1. The summed E-state index contributed by atoms with van der Waals surface area (Å²) in [6, 6.07) is 1.64. The van der Waals surface area contributed by atoms with Crippen molar-refractivity contribution in [2.24, 2.45) is 5.41 Å². The summed E-state index contributed by atoms with van der Waals surface area (Å²) in [6.07, 6.45) is 3.84. The highest BCUT2D eigenvalue weighted by Crippen LogP contribution is 2.44. The molecule has 2 N–H and O–H groups in total. The normalized spacial score (nSPS) is 17.3. The zero-order valence-electron chi connectivity index (χ0n) is 10.9. The third-order valence-corrected chi connectivity index (χ3v) is 3.62. The van der Waals surface area contributed by atoms with Crippen molar-refractivity contribution in [3.05, 3.63) is 11.8 Å². The van der Waals surface area contributed by atoms with Crippen LogP contribution in [0.5, 0.6) is 0 Å². The van der Waals surface area contributed by atoms with Gasteiger partial charge in [0.15, 0.2) is 0 Å². The van der Waals surface area contributed by atoms with E-state index in [2.05, 4.69) is 10.5 Å². The maximum absolute atomic E-state index is 12.0. The standard InChI is InChI=1S/C13H18N2O4/c1-9-6-11(19-15-9)14-10(16)7-13(8-12(17)18)4-2-3-5-13/h6H,2-5,7-8H2,1H3,(H,14,16)(H,17,18). The average molecular weight is 266 g/mol. The molecule has 0 unspecified atom stereocenters. The van der Waals surface area contributed by atoms with Gasteiger partial charge in [-0.05, 0) is 25.2 Å². The number of carbonyl (C=O) groups is 2. The van der Waals surface area contributed by atoms with Gasteiger partial charge in [0.1, 0.15) is 0 Å². The summed E-state index contributed by atoms with van der Waals surface area (Å²) in [5, 5.41) is 15.3.